The number of rotatable bonds is 5. The van der Waals surface area contributed by atoms with Crippen molar-refractivity contribution < 1.29 is 8.42 Å². The summed E-state index contributed by atoms with van der Waals surface area (Å²) >= 11 is 0. The van der Waals surface area contributed by atoms with Gasteiger partial charge in [0.2, 0.25) is 0 Å². The number of nitrogens with one attached hydrogen (secondary N) is 1. The first-order chi connectivity index (χ1) is 8.98. The van der Waals surface area contributed by atoms with E-state index >= 15 is 0 Å². The SMILES string of the molecule is CC(C)[C@H](NC[C@H]1CCS(=O)(=O)C1)c1ccccc1. The van der Waals surface area contributed by atoms with Crippen LogP contribution in [0.5, 0.6) is 0 Å². The monoisotopic (exact) mass is 281 g/mol. The molecule has 106 valence electrons. The highest BCUT2D eigenvalue weighted by molar-refractivity contribution is 7.91. The topological polar surface area (TPSA) is 46.2 Å². The number of sulfone groups is 1. The molecule has 0 aliphatic carbocycles. The van der Waals surface area contributed by atoms with E-state index < -0.39 is 9.84 Å². The minimum Gasteiger partial charge on any atom is -0.309 e. The molecule has 1 fully saturated rings. The van der Waals surface area contributed by atoms with Gasteiger partial charge in [0.15, 0.2) is 9.84 Å². The Kier molecular flexibility index (Phi) is 4.63. The molecule has 3 nitrogen and oxygen atoms in total. The summed E-state index contributed by atoms with van der Waals surface area (Å²) in [4.78, 5) is 0. The molecule has 0 saturated carbocycles. The Morgan fingerprint density at radius 1 is 1.26 bits per heavy atom. The predicted molar refractivity (Wildman–Crippen MR) is 78.8 cm³/mol. The van der Waals surface area contributed by atoms with Gasteiger partial charge in [-0.15, -0.1) is 0 Å². The summed E-state index contributed by atoms with van der Waals surface area (Å²) in [6.07, 6.45) is 0.801. The molecule has 0 amide bonds. The molecule has 0 bridgehead atoms. The van der Waals surface area contributed by atoms with Crippen LogP contribution in [0.15, 0.2) is 30.3 Å². The van der Waals surface area contributed by atoms with Gasteiger partial charge in [0.1, 0.15) is 0 Å². The molecule has 2 atom stereocenters. The van der Waals surface area contributed by atoms with Crippen LogP contribution in [0.4, 0.5) is 0 Å². The van der Waals surface area contributed by atoms with Gasteiger partial charge < -0.3 is 5.32 Å². The lowest BCUT2D eigenvalue weighted by atomic mass is 9.95. The van der Waals surface area contributed by atoms with Crippen molar-refractivity contribution in [2.75, 3.05) is 18.1 Å². The first kappa shape index (κ1) is 14.5. The summed E-state index contributed by atoms with van der Waals surface area (Å²) in [6, 6.07) is 10.7. The summed E-state index contributed by atoms with van der Waals surface area (Å²) in [5.41, 5.74) is 1.28. The summed E-state index contributed by atoms with van der Waals surface area (Å²) in [5.74, 6) is 1.46. The van der Waals surface area contributed by atoms with Crippen molar-refractivity contribution >= 4 is 9.84 Å². The highest BCUT2D eigenvalue weighted by atomic mass is 32.2. The first-order valence-electron chi connectivity index (χ1n) is 6.97. The maximum absolute atomic E-state index is 11.5. The molecule has 1 aromatic carbocycles. The minimum absolute atomic E-state index is 0.273. The Labute approximate surface area is 116 Å². The molecule has 1 heterocycles. The zero-order chi connectivity index (χ0) is 13.9. The van der Waals surface area contributed by atoms with E-state index in [9.17, 15) is 8.42 Å². The molecule has 19 heavy (non-hydrogen) atoms. The molecule has 2 rings (SSSR count). The quantitative estimate of drug-likeness (QED) is 0.901. The van der Waals surface area contributed by atoms with E-state index in [1.54, 1.807) is 0 Å². The van der Waals surface area contributed by atoms with E-state index in [0.29, 0.717) is 23.5 Å². The van der Waals surface area contributed by atoms with Crippen LogP contribution in [0.2, 0.25) is 0 Å². The van der Waals surface area contributed by atoms with Gasteiger partial charge in [0.25, 0.3) is 0 Å². The average Bonchev–Trinajstić information content (AvgIpc) is 2.70. The molecule has 1 saturated heterocycles. The van der Waals surface area contributed by atoms with Gasteiger partial charge in [-0.1, -0.05) is 44.2 Å². The van der Waals surface area contributed by atoms with E-state index in [-0.39, 0.29) is 5.92 Å². The van der Waals surface area contributed by atoms with Gasteiger partial charge in [-0.05, 0) is 30.4 Å². The van der Waals surface area contributed by atoms with Gasteiger partial charge in [0.05, 0.1) is 11.5 Å². The second-order valence-electron chi connectivity index (χ2n) is 5.81. The van der Waals surface area contributed by atoms with Gasteiger partial charge >= 0.3 is 0 Å². The van der Waals surface area contributed by atoms with Crippen molar-refractivity contribution in [3.05, 3.63) is 35.9 Å². The van der Waals surface area contributed by atoms with E-state index in [1.165, 1.54) is 5.56 Å². The predicted octanol–water partition coefficient (Wildman–Crippen LogP) is 2.41. The molecule has 4 heteroatoms. The minimum atomic E-state index is -2.77. The van der Waals surface area contributed by atoms with Crippen LogP contribution in [0.25, 0.3) is 0 Å². The standard InChI is InChI=1S/C15H23NO2S/c1-12(2)15(14-6-4-3-5-7-14)16-10-13-8-9-19(17,18)11-13/h3-7,12-13,15-16H,8-11H2,1-2H3/t13-,15+/m1/s1. The smallest absolute Gasteiger partial charge is 0.150 e. The van der Waals surface area contributed by atoms with Crippen LogP contribution in [-0.2, 0) is 9.84 Å². The van der Waals surface area contributed by atoms with E-state index in [1.807, 2.05) is 18.2 Å². The third-order valence-corrected chi connectivity index (χ3v) is 5.62. The molecule has 0 spiro atoms. The number of hydrogen-bond donors (Lipinski definition) is 1. The third-order valence-electron chi connectivity index (χ3n) is 3.78. The molecule has 1 N–H and O–H groups in total. The molecular formula is C15H23NO2S. The van der Waals surface area contributed by atoms with Crippen molar-refractivity contribution in [1.29, 1.82) is 0 Å². The summed E-state index contributed by atoms with van der Waals surface area (Å²) in [5, 5.41) is 3.55. The third kappa shape index (κ3) is 4.05. The van der Waals surface area contributed by atoms with Crippen LogP contribution in [0, 0.1) is 11.8 Å². The van der Waals surface area contributed by atoms with Crippen molar-refractivity contribution in [2.45, 2.75) is 26.3 Å². The van der Waals surface area contributed by atoms with E-state index in [4.69, 9.17) is 0 Å². The second-order valence-corrected chi connectivity index (χ2v) is 8.04. The lowest BCUT2D eigenvalue weighted by molar-refractivity contribution is 0.381. The van der Waals surface area contributed by atoms with Crippen LogP contribution in [0.1, 0.15) is 31.9 Å². The van der Waals surface area contributed by atoms with Crippen LogP contribution < -0.4 is 5.32 Å². The molecule has 0 unspecified atom stereocenters. The Morgan fingerprint density at radius 3 is 2.47 bits per heavy atom. The molecule has 0 radical (unpaired) electrons. The van der Waals surface area contributed by atoms with E-state index in [2.05, 4.69) is 31.3 Å². The van der Waals surface area contributed by atoms with Crippen molar-refractivity contribution in [3.8, 4) is 0 Å². The fraction of sp³-hybridized carbons (Fsp3) is 0.600. The van der Waals surface area contributed by atoms with Crippen LogP contribution in [0.3, 0.4) is 0 Å². The molecule has 1 aliphatic heterocycles. The summed E-state index contributed by atoms with van der Waals surface area (Å²) in [6.45, 7) is 5.17. The lowest BCUT2D eigenvalue weighted by Gasteiger charge is -2.24. The Hall–Kier alpha value is -0.870. The molecule has 1 aromatic rings. The van der Waals surface area contributed by atoms with Crippen molar-refractivity contribution in [1.82, 2.24) is 5.32 Å². The van der Waals surface area contributed by atoms with Crippen LogP contribution >= 0.6 is 0 Å². The number of hydrogen-bond acceptors (Lipinski definition) is 3. The van der Waals surface area contributed by atoms with Gasteiger partial charge in [0, 0.05) is 6.04 Å². The molecule has 1 aliphatic rings. The lowest BCUT2D eigenvalue weighted by Crippen LogP contribution is -2.31. The fourth-order valence-corrected chi connectivity index (χ4v) is 4.59. The molecule has 0 aromatic heterocycles. The zero-order valence-corrected chi connectivity index (χ0v) is 12.5. The zero-order valence-electron chi connectivity index (χ0n) is 11.7. The summed E-state index contributed by atoms with van der Waals surface area (Å²) < 4.78 is 22.9. The van der Waals surface area contributed by atoms with Gasteiger partial charge in [-0.3, -0.25) is 0 Å². The maximum Gasteiger partial charge on any atom is 0.150 e. The Morgan fingerprint density at radius 2 is 1.95 bits per heavy atom. The van der Waals surface area contributed by atoms with Crippen molar-refractivity contribution in [2.24, 2.45) is 11.8 Å². The maximum atomic E-state index is 11.5. The Balaban J connectivity index is 1.96. The second kappa shape index (κ2) is 6.06. The normalized spacial score (nSPS) is 23.6. The summed E-state index contributed by atoms with van der Waals surface area (Å²) in [7, 11) is -2.77. The van der Waals surface area contributed by atoms with Crippen molar-refractivity contribution in [3.63, 3.8) is 0 Å². The highest BCUT2D eigenvalue weighted by Crippen LogP contribution is 2.23. The van der Waals surface area contributed by atoms with Gasteiger partial charge in [-0.25, -0.2) is 8.42 Å². The molecular weight excluding hydrogens is 258 g/mol. The van der Waals surface area contributed by atoms with E-state index in [0.717, 1.165) is 13.0 Å². The number of benzene rings is 1. The average molecular weight is 281 g/mol. The first-order valence-corrected chi connectivity index (χ1v) is 8.79. The van der Waals surface area contributed by atoms with Crippen LogP contribution in [-0.4, -0.2) is 26.5 Å². The largest absolute Gasteiger partial charge is 0.309 e. The fourth-order valence-electron chi connectivity index (χ4n) is 2.73. The van der Waals surface area contributed by atoms with Gasteiger partial charge in [-0.2, -0.15) is 0 Å². The highest BCUT2D eigenvalue weighted by Gasteiger charge is 2.28. The Bertz CT molecular complexity index is 496.